The number of benzene rings is 1. The van der Waals surface area contributed by atoms with Crippen molar-refractivity contribution in [2.45, 2.75) is 13.0 Å². The number of carbonyl (C=O) groups is 2. The quantitative estimate of drug-likeness (QED) is 0.831. The monoisotopic (exact) mass is 337 g/mol. The first-order valence-corrected chi connectivity index (χ1v) is 7.21. The summed E-state index contributed by atoms with van der Waals surface area (Å²) in [6.45, 7) is 0.457. The molecular weight excluding hydrogens is 322 g/mol. The molecule has 1 heterocycles. The first kappa shape index (κ1) is 16.8. The lowest BCUT2D eigenvalue weighted by molar-refractivity contribution is -0.122. The van der Waals surface area contributed by atoms with Crippen LogP contribution in [0.1, 0.15) is 5.56 Å². The average molecular weight is 338 g/mol. The molecule has 9 heteroatoms. The third-order valence-electron chi connectivity index (χ3n) is 2.89. The van der Waals surface area contributed by atoms with Crippen LogP contribution >= 0.6 is 11.6 Å². The van der Waals surface area contributed by atoms with Crippen molar-refractivity contribution in [1.29, 1.82) is 0 Å². The minimum atomic E-state index is -0.649. The van der Waals surface area contributed by atoms with E-state index in [4.69, 9.17) is 11.6 Å². The van der Waals surface area contributed by atoms with Crippen LogP contribution in [0.2, 0.25) is 5.02 Å². The molecule has 1 aromatic carbocycles. The van der Waals surface area contributed by atoms with E-state index in [0.717, 1.165) is 5.56 Å². The van der Waals surface area contributed by atoms with E-state index in [9.17, 15) is 9.59 Å². The molecule has 0 radical (unpaired) electrons. The Morgan fingerprint density at radius 2 is 2.04 bits per heavy atom. The predicted molar refractivity (Wildman–Crippen MR) is 84.2 cm³/mol. The molecule has 0 fully saturated rings. The molecule has 0 aliphatic carbocycles. The summed E-state index contributed by atoms with van der Waals surface area (Å²) in [7, 11) is 1.24. The van der Waals surface area contributed by atoms with Gasteiger partial charge in [-0.3, -0.25) is 10.1 Å². The Bertz CT molecular complexity index is 671. The van der Waals surface area contributed by atoms with Crippen molar-refractivity contribution in [3.63, 3.8) is 0 Å². The summed E-state index contributed by atoms with van der Waals surface area (Å²) >= 11 is 5.81. The number of methoxy groups -OCH3 is 1. The van der Waals surface area contributed by atoms with E-state index in [1.54, 1.807) is 0 Å². The second kappa shape index (κ2) is 8.14. The molecular formula is C14H16ClN5O3. The number of hydrogen-bond acceptors (Lipinski definition) is 5. The maximum absolute atomic E-state index is 11.8. The van der Waals surface area contributed by atoms with Gasteiger partial charge in [0.25, 0.3) is 0 Å². The van der Waals surface area contributed by atoms with Gasteiger partial charge < -0.3 is 10.1 Å². The van der Waals surface area contributed by atoms with E-state index in [1.807, 2.05) is 24.3 Å². The fraction of sp³-hybridized carbons (Fsp3) is 0.286. The van der Waals surface area contributed by atoms with Gasteiger partial charge in [-0.2, -0.15) is 9.90 Å². The van der Waals surface area contributed by atoms with Crippen LogP contribution in [-0.2, 0) is 22.5 Å². The minimum Gasteiger partial charge on any atom is -0.453 e. The maximum Gasteiger partial charge on any atom is 0.412 e. The molecule has 0 aliphatic rings. The van der Waals surface area contributed by atoms with E-state index in [2.05, 4.69) is 25.6 Å². The van der Waals surface area contributed by atoms with Gasteiger partial charge in [0.05, 0.1) is 13.3 Å². The van der Waals surface area contributed by atoms with Crippen LogP contribution in [0.25, 0.3) is 0 Å². The predicted octanol–water partition coefficient (Wildman–Crippen LogP) is 1.47. The van der Waals surface area contributed by atoms with Gasteiger partial charge in [-0.15, -0.1) is 5.10 Å². The number of nitrogens with one attached hydrogen (secondary N) is 2. The Balaban J connectivity index is 1.74. The highest BCUT2D eigenvalue weighted by atomic mass is 35.5. The molecule has 2 aromatic rings. The van der Waals surface area contributed by atoms with Crippen molar-refractivity contribution < 1.29 is 14.3 Å². The van der Waals surface area contributed by atoms with Crippen molar-refractivity contribution in [3.05, 3.63) is 41.0 Å². The number of rotatable bonds is 6. The summed E-state index contributed by atoms with van der Waals surface area (Å²) in [5, 5.41) is 13.6. The van der Waals surface area contributed by atoms with Crippen molar-refractivity contribution in [3.8, 4) is 0 Å². The Kier molecular flexibility index (Phi) is 5.93. The van der Waals surface area contributed by atoms with Crippen molar-refractivity contribution >= 4 is 29.4 Å². The molecule has 0 unspecified atom stereocenters. The van der Waals surface area contributed by atoms with Gasteiger partial charge in [-0.25, -0.2) is 4.79 Å². The number of carbonyl (C=O) groups excluding carboxylic acids is 2. The van der Waals surface area contributed by atoms with Crippen LogP contribution in [0.4, 0.5) is 10.6 Å². The van der Waals surface area contributed by atoms with E-state index in [0.29, 0.717) is 18.0 Å². The fourth-order valence-electron chi connectivity index (χ4n) is 1.77. The molecule has 0 spiro atoms. The smallest absolute Gasteiger partial charge is 0.412 e. The molecule has 0 saturated carbocycles. The lowest BCUT2D eigenvalue weighted by atomic mass is 10.1. The van der Waals surface area contributed by atoms with Crippen LogP contribution in [0.3, 0.4) is 0 Å². The van der Waals surface area contributed by atoms with Gasteiger partial charge in [0.15, 0.2) is 5.82 Å². The third kappa shape index (κ3) is 5.59. The molecule has 0 saturated heterocycles. The lowest BCUT2D eigenvalue weighted by Gasteiger charge is -2.05. The Labute approximate surface area is 137 Å². The molecule has 23 heavy (non-hydrogen) atoms. The third-order valence-corrected chi connectivity index (χ3v) is 3.14. The molecule has 0 atom stereocenters. The van der Waals surface area contributed by atoms with Crippen LogP contribution < -0.4 is 10.6 Å². The SMILES string of the molecule is COC(=O)Nc1cnn(CC(=O)NCCc2ccc(Cl)cc2)n1. The van der Waals surface area contributed by atoms with Crippen molar-refractivity contribution in [1.82, 2.24) is 20.3 Å². The summed E-state index contributed by atoms with van der Waals surface area (Å²) in [4.78, 5) is 24.0. The number of aromatic nitrogens is 3. The van der Waals surface area contributed by atoms with Gasteiger partial charge in [-0.1, -0.05) is 23.7 Å². The van der Waals surface area contributed by atoms with Gasteiger partial charge in [0.2, 0.25) is 5.91 Å². The molecule has 2 N–H and O–H groups in total. The number of nitrogens with zero attached hydrogens (tertiary/aromatic N) is 3. The molecule has 0 aliphatic heterocycles. The zero-order chi connectivity index (χ0) is 16.7. The van der Waals surface area contributed by atoms with Gasteiger partial charge in [0.1, 0.15) is 6.54 Å². The van der Waals surface area contributed by atoms with E-state index in [-0.39, 0.29) is 18.3 Å². The highest BCUT2D eigenvalue weighted by molar-refractivity contribution is 6.30. The van der Waals surface area contributed by atoms with Crippen molar-refractivity contribution in [2.75, 3.05) is 19.0 Å². The number of hydrogen-bond donors (Lipinski definition) is 2. The summed E-state index contributed by atoms with van der Waals surface area (Å²) in [6, 6.07) is 7.44. The topological polar surface area (TPSA) is 98.1 Å². The van der Waals surface area contributed by atoms with Crippen molar-refractivity contribution in [2.24, 2.45) is 0 Å². The number of anilines is 1. The molecule has 2 rings (SSSR count). The van der Waals surface area contributed by atoms with Crippen LogP contribution in [0, 0.1) is 0 Å². The summed E-state index contributed by atoms with van der Waals surface area (Å²) < 4.78 is 4.43. The van der Waals surface area contributed by atoms with Gasteiger partial charge >= 0.3 is 6.09 Å². The Hall–Kier alpha value is -2.61. The standard InChI is InChI=1S/C14H16ClN5O3/c1-23-14(22)18-12-8-17-20(19-12)9-13(21)16-7-6-10-2-4-11(15)5-3-10/h2-5,8H,6-7,9H2,1H3,(H,16,21)(H,18,19,22). The number of halogens is 1. The fourth-order valence-corrected chi connectivity index (χ4v) is 1.89. The van der Waals surface area contributed by atoms with Crippen LogP contribution in [-0.4, -0.2) is 40.6 Å². The van der Waals surface area contributed by atoms with Gasteiger partial charge in [-0.05, 0) is 24.1 Å². The van der Waals surface area contributed by atoms with Crippen LogP contribution in [0.5, 0.6) is 0 Å². The molecule has 1 aromatic heterocycles. The van der Waals surface area contributed by atoms with Crippen LogP contribution in [0.15, 0.2) is 30.5 Å². The van der Waals surface area contributed by atoms with Gasteiger partial charge in [0, 0.05) is 11.6 Å². The number of ether oxygens (including phenoxy) is 1. The summed E-state index contributed by atoms with van der Waals surface area (Å²) in [5.41, 5.74) is 1.08. The first-order valence-electron chi connectivity index (χ1n) is 6.83. The number of amides is 2. The zero-order valence-electron chi connectivity index (χ0n) is 12.5. The zero-order valence-corrected chi connectivity index (χ0v) is 13.2. The first-order chi connectivity index (χ1) is 11.1. The second-order valence-corrected chi connectivity index (χ2v) is 5.04. The molecule has 122 valence electrons. The summed E-state index contributed by atoms with van der Waals surface area (Å²) in [6.07, 6.45) is 1.38. The van der Waals surface area contributed by atoms with E-state index < -0.39 is 6.09 Å². The molecule has 0 bridgehead atoms. The molecule has 2 amide bonds. The Morgan fingerprint density at radius 1 is 1.30 bits per heavy atom. The van der Waals surface area contributed by atoms with E-state index >= 15 is 0 Å². The highest BCUT2D eigenvalue weighted by Crippen LogP contribution is 2.09. The minimum absolute atomic E-state index is 0.0382. The largest absolute Gasteiger partial charge is 0.453 e. The lowest BCUT2D eigenvalue weighted by Crippen LogP contribution is -2.30. The second-order valence-electron chi connectivity index (χ2n) is 4.60. The summed E-state index contributed by atoms with van der Waals surface area (Å²) in [5.74, 6) is -0.00926. The van der Waals surface area contributed by atoms with E-state index in [1.165, 1.54) is 18.1 Å². The average Bonchev–Trinajstić information content (AvgIpc) is 2.96. The molecule has 8 nitrogen and oxygen atoms in total. The highest BCUT2D eigenvalue weighted by Gasteiger charge is 2.08. The Morgan fingerprint density at radius 3 is 2.74 bits per heavy atom. The maximum atomic E-state index is 11.8. The normalized spacial score (nSPS) is 10.2.